The number of pyridine rings is 1. The molecule has 34 heavy (non-hydrogen) atoms. The number of esters is 1. The lowest BCUT2D eigenvalue weighted by Crippen LogP contribution is -2.41. The van der Waals surface area contributed by atoms with Gasteiger partial charge in [-0.2, -0.15) is 0 Å². The largest absolute Gasteiger partial charge is 0.465 e. The molecule has 1 aliphatic rings. The van der Waals surface area contributed by atoms with Gasteiger partial charge >= 0.3 is 11.7 Å². The number of carbonyl (C=O) groups excluding carboxylic acids is 1. The molecular formula is C25H22N4O5. The van der Waals surface area contributed by atoms with E-state index in [-0.39, 0.29) is 28.3 Å². The average Bonchev–Trinajstić information content (AvgIpc) is 3.68. The lowest BCUT2D eigenvalue weighted by molar-refractivity contribution is 0.0601. The topological polar surface area (TPSA) is 104 Å². The first-order valence-electron chi connectivity index (χ1n) is 10.8. The Bertz CT molecular complexity index is 1590. The van der Waals surface area contributed by atoms with Crippen molar-refractivity contribution in [1.82, 2.24) is 13.7 Å². The van der Waals surface area contributed by atoms with Gasteiger partial charge in [0.1, 0.15) is 11.0 Å². The van der Waals surface area contributed by atoms with E-state index >= 15 is 0 Å². The number of para-hydroxylation sites is 1. The van der Waals surface area contributed by atoms with E-state index in [9.17, 15) is 19.2 Å². The fourth-order valence-electron chi connectivity index (χ4n) is 4.09. The molecule has 1 aliphatic carbocycles. The van der Waals surface area contributed by atoms with Crippen molar-refractivity contribution in [1.29, 1.82) is 0 Å². The fourth-order valence-corrected chi connectivity index (χ4v) is 4.09. The molecule has 9 heteroatoms. The van der Waals surface area contributed by atoms with Gasteiger partial charge < -0.3 is 10.1 Å². The molecule has 5 rings (SSSR count). The number of hydrogen-bond donors (Lipinski definition) is 1. The normalized spacial score (nSPS) is 13.1. The molecule has 2 heterocycles. The highest BCUT2D eigenvalue weighted by molar-refractivity contribution is 5.92. The molecular weight excluding hydrogens is 436 g/mol. The highest BCUT2D eigenvalue weighted by Crippen LogP contribution is 2.33. The number of methoxy groups -OCH3 is 1. The van der Waals surface area contributed by atoms with Gasteiger partial charge in [-0.25, -0.2) is 14.2 Å². The number of aryl methyl sites for hydroxylation is 1. The van der Waals surface area contributed by atoms with Crippen LogP contribution in [0.15, 0.2) is 75.0 Å². The van der Waals surface area contributed by atoms with Crippen LogP contribution >= 0.6 is 0 Å². The zero-order valence-corrected chi connectivity index (χ0v) is 18.6. The minimum absolute atomic E-state index is 0.163. The summed E-state index contributed by atoms with van der Waals surface area (Å²) in [6, 6.07) is 16.6. The van der Waals surface area contributed by atoms with Gasteiger partial charge in [-0.3, -0.25) is 18.7 Å². The molecule has 1 fully saturated rings. The molecule has 172 valence electrons. The molecule has 0 saturated heterocycles. The number of hydrogen-bond acceptors (Lipinski definition) is 6. The highest BCUT2D eigenvalue weighted by atomic mass is 16.5. The van der Waals surface area contributed by atoms with E-state index in [2.05, 4.69) is 5.32 Å². The van der Waals surface area contributed by atoms with Crippen molar-refractivity contribution in [2.75, 3.05) is 12.4 Å². The molecule has 1 N–H and O–H groups in total. The van der Waals surface area contributed by atoms with Crippen LogP contribution in [0.2, 0.25) is 0 Å². The van der Waals surface area contributed by atoms with Crippen molar-refractivity contribution in [3.63, 3.8) is 0 Å². The molecule has 2 aromatic carbocycles. The van der Waals surface area contributed by atoms with Gasteiger partial charge in [-0.1, -0.05) is 18.2 Å². The van der Waals surface area contributed by atoms with E-state index in [1.54, 1.807) is 55.6 Å². The number of fused-ring (bicyclic) bond motifs is 1. The Morgan fingerprint density at radius 1 is 1.00 bits per heavy atom. The molecule has 0 unspecified atom stereocenters. The van der Waals surface area contributed by atoms with Crippen LogP contribution in [-0.4, -0.2) is 26.8 Å². The maximum Gasteiger partial charge on any atom is 0.337 e. The molecule has 0 atom stereocenters. The van der Waals surface area contributed by atoms with Crippen molar-refractivity contribution < 1.29 is 9.53 Å². The lowest BCUT2D eigenvalue weighted by atomic mass is 10.2. The molecule has 0 radical (unpaired) electrons. The molecule has 1 saturated carbocycles. The minimum atomic E-state index is -0.471. The van der Waals surface area contributed by atoms with Crippen LogP contribution in [0.4, 0.5) is 11.4 Å². The number of aromatic nitrogens is 3. The third kappa shape index (κ3) is 3.51. The summed E-state index contributed by atoms with van der Waals surface area (Å²) >= 11 is 0. The van der Waals surface area contributed by atoms with Crippen LogP contribution < -0.4 is 22.1 Å². The van der Waals surface area contributed by atoms with Gasteiger partial charge in [0.15, 0.2) is 0 Å². The second-order valence-corrected chi connectivity index (χ2v) is 8.21. The van der Waals surface area contributed by atoms with E-state index in [4.69, 9.17) is 4.74 Å². The molecule has 0 bridgehead atoms. The van der Waals surface area contributed by atoms with Gasteiger partial charge in [0.05, 0.1) is 24.0 Å². The summed E-state index contributed by atoms with van der Waals surface area (Å²) in [5.41, 5.74) is 0.690. The summed E-state index contributed by atoms with van der Waals surface area (Å²) in [5, 5.41) is 3.36. The summed E-state index contributed by atoms with van der Waals surface area (Å²) < 4.78 is 8.74. The van der Waals surface area contributed by atoms with E-state index in [1.807, 2.05) is 6.07 Å². The first-order valence-corrected chi connectivity index (χ1v) is 10.8. The molecule has 2 aromatic heterocycles. The smallest absolute Gasteiger partial charge is 0.337 e. The zero-order chi connectivity index (χ0) is 24.0. The zero-order valence-electron chi connectivity index (χ0n) is 18.6. The quantitative estimate of drug-likeness (QED) is 0.461. The lowest BCUT2D eigenvalue weighted by Gasteiger charge is -2.18. The standard InChI is InChI=1S/C25H22N4O5/c1-27-20(30)14-19(26-16-10-8-15(9-11-16)24(32)34-2)21-22(27)28(17-6-4-3-5-7-17)25(33)29(23(21)31)18-12-13-18/h3-11,14,18,26H,12-13H2,1-2H3. The Morgan fingerprint density at radius 2 is 1.68 bits per heavy atom. The van der Waals surface area contributed by atoms with E-state index in [1.165, 1.54) is 26.9 Å². The van der Waals surface area contributed by atoms with Gasteiger partial charge in [-0.15, -0.1) is 0 Å². The van der Waals surface area contributed by atoms with E-state index in [0.717, 1.165) is 12.8 Å². The maximum atomic E-state index is 13.6. The number of benzene rings is 2. The van der Waals surface area contributed by atoms with Crippen molar-refractivity contribution in [3.05, 3.63) is 97.4 Å². The van der Waals surface area contributed by atoms with Gasteiger partial charge in [0, 0.05) is 24.8 Å². The third-order valence-electron chi connectivity index (χ3n) is 5.96. The minimum Gasteiger partial charge on any atom is -0.465 e. The fraction of sp³-hybridized carbons (Fsp3) is 0.200. The highest BCUT2D eigenvalue weighted by Gasteiger charge is 2.30. The summed E-state index contributed by atoms with van der Waals surface area (Å²) in [6.07, 6.45) is 1.50. The summed E-state index contributed by atoms with van der Waals surface area (Å²) in [6.45, 7) is 0. The SMILES string of the molecule is COC(=O)c1ccc(Nc2cc(=O)n(C)c3c2c(=O)n(C2CC2)c(=O)n3-c2ccccc2)cc1. The van der Waals surface area contributed by atoms with Crippen molar-refractivity contribution in [3.8, 4) is 5.69 Å². The Kier molecular flexibility index (Phi) is 5.16. The third-order valence-corrected chi connectivity index (χ3v) is 5.96. The second kappa shape index (κ2) is 8.18. The van der Waals surface area contributed by atoms with E-state index < -0.39 is 17.2 Å². The molecule has 4 aromatic rings. The monoisotopic (exact) mass is 458 g/mol. The number of anilines is 2. The van der Waals surface area contributed by atoms with Gasteiger partial charge in [0.25, 0.3) is 11.1 Å². The van der Waals surface area contributed by atoms with Crippen molar-refractivity contribution >= 4 is 28.4 Å². The van der Waals surface area contributed by atoms with Crippen molar-refractivity contribution in [2.45, 2.75) is 18.9 Å². The van der Waals surface area contributed by atoms with Crippen LogP contribution in [0.5, 0.6) is 0 Å². The summed E-state index contributed by atoms with van der Waals surface area (Å²) in [5.74, 6) is -0.468. The summed E-state index contributed by atoms with van der Waals surface area (Å²) in [7, 11) is 2.84. The second-order valence-electron chi connectivity index (χ2n) is 8.21. The van der Waals surface area contributed by atoms with Crippen LogP contribution in [0.25, 0.3) is 16.7 Å². The number of carbonyl (C=O) groups is 1. The Morgan fingerprint density at radius 3 is 2.29 bits per heavy atom. The number of nitrogens with one attached hydrogen (secondary N) is 1. The number of nitrogens with zero attached hydrogens (tertiary/aromatic N) is 3. The number of ether oxygens (including phenoxy) is 1. The predicted octanol–water partition coefficient (Wildman–Crippen LogP) is 2.72. The van der Waals surface area contributed by atoms with E-state index in [0.29, 0.717) is 16.9 Å². The average molecular weight is 458 g/mol. The first kappa shape index (κ1) is 21.4. The summed E-state index contributed by atoms with van der Waals surface area (Å²) in [4.78, 5) is 51.7. The first-order chi connectivity index (χ1) is 16.4. The van der Waals surface area contributed by atoms with Crippen LogP contribution in [0, 0.1) is 0 Å². The van der Waals surface area contributed by atoms with Crippen LogP contribution in [-0.2, 0) is 11.8 Å². The van der Waals surface area contributed by atoms with Crippen LogP contribution in [0.3, 0.4) is 0 Å². The van der Waals surface area contributed by atoms with Crippen LogP contribution in [0.1, 0.15) is 29.2 Å². The van der Waals surface area contributed by atoms with Gasteiger partial charge in [-0.05, 0) is 49.2 Å². The van der Waals surface area contributed by atoms with Gasteiger partial charge in [0.2, 0.25) is 0 Å². The maximum absolute atomic E-state index is 13.6. The molecule has 9 nitrogen and oxygen atoms in total. The predicted molar refractivity (Wildman–Crippen MR) is 128 cm³/mol. The molecule has 0 amide bonds. The molecule has 0 aliphatic heterocycles. The number of rotatable bonds is 5. The Balaban J connectivity index is 1.79. The Labute approximate surface area is 193 Å². The Hall–Kier alpha value is -4.40. The molecule has 0 spiro atoms. The van der Waals surface area contributed by atoms with Crippen molar-refractivity contribution in [2.24, 2.45) is 7.05 Å².